The predicted octanol–water partition coefficient (Wildman–Crippen LogP) is 1.94. The van der Waals surface area contributed by atoms with Crippen LogP contribution in [0.4, 0.5) is 26.3 Å². The Labute approximate surface area is 105 Å². The zero-order chi connectivity index (χ0) is 15.1. The fraction of sp³-hybridized carbons (Fsp3) is 0.900. The molecule has 1 rings (SSSR count). The predicted molar refractivity (Wildman–Crippen MR) is 54.3 cm³/mol. The topological polar surface area (TPSA) is 32.3 Å². The van der Waals surface area contributed by atoms with E-state index in [2.05, 4.69) is 5.32 Å². The van der Waals surface area contributed by atoms with Crippen molar-refractivity contribution in [3.8, 4) is 0 Å². The third kappa shape index (κ3) is 3.99. The Kier molecular flexibility index (Phi) is 4.09. The van der Waals surface area contributed by atoms with Crippen LogP contribution < -0.4 is 5.32 Å². The first-order chi connectivity index (χ1) is 8.34. The molecule has 1 amide bonds. The van der Waals surface area contributed by atoms with Crippen LogP contribution in [0.25, 0.3) is 0 Å². The second-order valence-corrected chi connectivity index (χ2v) is 5.09. The highest BCUT2D eigenvalue weighted by atomic mass is 19.4. The number of halogens is 6. The van der Waals surface area contributed by atoms with Crippen LogP contribution in [-0.4, -0.2) is 48.3 Å². The largest absolute Gasteiger partial charge is 0.409 e. The van der Waals surface area contributed by atoms with Crippen molar-refractivity contribution in [3.63, 3.8) is 0 Å². The summed E-state index contributed by atoms with van der Waals surface area (Å²) in [4.78, 5) is 12.2. The molecule has 1 N–H and O–H groups in total. The van der Waals surface area contributed by atoms with E-state index >= 15 is 0 Å². The Bertz CT molecular complexity index is 335. The first-order valence-corrected chi connectivity index (χ1v) is 5.52. The van der Waals surface area contributed by atoms with Gasteiger partial charge < -0.3 is 10.2 Å². The maximum Gasteiger partial charge on any atom is 0.409 e. The van der Waals surface area contributed by atoms with Gasteiger partial charge in [-0.3, -0.25) is 4.79 Å². The highest BCUT2D eigenvalue weighted by Crippen LogP contribution is 2.40. The van der Waals surface area contributed by atoms with Crippen molar-refractivity contribution in [1.82, 2.24) is 10.2 Å². The lowest BCUT2D eigenvalue weighted by atomic mass is 9.99. The summed E-state index contributed by atoms with van der Waals surface area (Å²) in [5.41, 5.74) is -0.713. The standard InChI is InChI=1S/C10H14F6N2O/c1-8(2)5-18(4-3-17-8)7(19)6(9(11,12)13)10(14,15)16/h6,17H,3-5H2,1-2H3. The zero-order valence-corrected chi connectivity index (χ0v) is 10.3. The smallest absolute Gasteiger partial charge is 0.339 e. The summed E-state index contributed by atoms with van der Waals surface area (Å²) in [7, 11) is 0. The van der Waals surface area contributed by atoms with Crippen LogP contribution in [0.1, 0.15) is 13.8 Å². The number of carbonyl (C=O) groups is 1. The lowest BCUT2D eigenvalue weighted by Crippen LogP contribution is -2.61. The molecule has 1 aliphatic rings. The van der Waals surface area contributed by atoms with E-state index in [4.69, 9.17) is 0 Å². The Balaban J connectivity index is 2.95. The van der Waals surface area contributed by atoms with Gasteiger partial charge >= 0.3 is 12.4 Å². The van der Waals surface area contributed by atoms with Crippen LogP contribution in [0.5, 0.6) is 0 Å². The van der Waals surface area contributed by atoms with E-state index < -0.39 is 29.7 Å². The summed E-state index contributed by atoms with van der Waals surface area (Å²) in [5, 5.41) is 2.90. The molecule has 0 aromatic heterocycles. The summed E-state index contributed by atoms with van der Waals surface area (Å²) in [5.74, 6) is -5.89. The molecule has 0 aromatic carbocycles. The molecular formula is C10H14F6N2O. The minimum atomic E-state index is -5.63. The van der Waals surface area contributed by atoms with Crippen molar-refractivity contribution in [3.05, 3.63) is 0 Å². The SMILES string of the molecule is CC1(C)CN(C(=O)C(C(F)(F)F)C(F)(F)F)CCN1. The van der Waals surface area contributed by atoms with Crippen LogP contribution in [-0.2, 0) is 4.79 Å². The number of nitrogens with one attached hydrogen (secondary N) is 1. The third-order valence-corrected chi connectivity index (χ3v) is 2.78. The molecule has 0 spiro atoms. The zero-order valence-electron chi connectivity index (χ0n) is 10.3. The molecule has 0 aromatic rings. The van der Waals surface area contributed by atoms with Gasteiger partial charge in [0.2, 0.25) is 11.8 Å². The van der Waals surface area contributed by atoms with Gasteiger partial charge in [-0.2, -0.15) is 26.3 Å². The van der Waals surface area contributed by atoms with E-state index in [-0.39, 0.29) is 19.6 Å². The number of carbonyl (C=O) groups excluding carboxylic acids is 1. The highest BCUT2D eigenvalue weighted by molar-refractivity contribution is 5.80. The summed E-state index contributed by atoms with van der Waals surface area (Å²) in [6, 6.07) is 0. The Morgan fingerprint density at radius 2 is 1.63 bits per heavy atom. The molecule has 0 saturated carbocycles. The normalized spacial score (nSPS) is 20.8. The number of nitrogens with zero attached hydrogens (tertiary/aromatic N) is 1. The highest BCUT2D eigenvalue weighted by Gasteiger charge is 2.62. The van der Waals surface area contributed by atoms with Gasteiger partial charge in [0, 0.05) is 25.2 Å². The van der Waals surface area contributed by atoms with Crippen molar-refractivity contribution >= 4 is 5.91 Å². The van der Waals surface area contributed by atoms with Crippen LogP contribution in [0.2, 0.25) is 0 Å². The number of hydrogen-bond acceptors (Lipinski definition) is 2. The lowest BCUT2D eigenvalue weighted by Gasteiger charge is -2.40. The van der Waals surface area contributed by atoms with Crippen molar-refractivity contribution in [2.24, 2.45) is 5.92 Å². The third-order valence-electron chi connectivity index (χ3n) is 2.78. The van der Waals surface area contributed by atoms with Crippen molar-refractivity contribution in [2.45, 2.75) is 31.7 Å². The van der Waals surface area contributed by atoms with Crippen molar-refractivity contribution in [1.29, 1.82) is 0 Å². The monoisotopic (exact) mass is 292 g/mol. The first kappa shape index (κ1) is 16.1. The van der Waals surface area contributed by atoms with Gasteiger partial charge in [0.25, 0.3) is 0 Å². The lowest BCUT2D eigenvalue weighted by molar-refractivity contribution is -0.278. The summed E-state index contributed by atoms with van der Waals surface area (Å²) in [6.07, 6.45) is -11.3. The van der Waals surface area contributed by atoms with E-state index in [9.17, 15) is 31.1 Å². The molecule has 112 valence electrons. The van der Waals surface area contributed by atoms with Gasteiger partial charge in [-0.1, -0.05) is 0 Å². The van der Waals surface area contributed by atoms with Crippen molar-refractivity contribution in [2.75, 3.05) is 19.6 Å². The molecule has 1 fully saturated rings. The quantitative estimate of drug-likeness (QED) is 0.749. The Morgan fingerprint density at radius 1 is 1.16 bits per heavy atom. The second kappa shape index (κ2) is 4.84. The molecular weight excluding hydrogens is 278 g/mol. The molecule has 0 bridgehead atoms. The summed E-state index contributed by atoms with van der Waals surface area (Å²) >= 11 is 0. The van der Waals surface area contributed by atoms with E-state index in [1.165, 1.54) is 0 Å². The van der Waals surface area contributed by atoms with Gasteiger partial charge in [-0.25, -0.2) is 0 Å². The van der Waals surface area contributed by atoms with Crippen molar-refractivity contribution < 1.29 is 31.1 Å². The summed E-state index contributed by atoms with van der Waals surface area (Å²) < 4.78 is 74.6. The van der Waals surface area contributed by atoms with Gasteiger partial charge in [0.05, 0.1) is 0 Å². The maximum atomic E-state index is 12.4. The molecule has 0 aliphatic carbocycles. The van der Waals surface area contributed by atoms with Crippen LogP contribution in [0, 0.1) is 5.92 Å². The average Bonchev–Trinajstić information content (AvgIpc) is 2.10. The molecule has 0 atom stereocenters. The van der Waals surface area contributed by atoms with Gasteiger partial charge in [-0.15, -0.1) is 0 Å². The second-order valence-electron chi connectivity index (χ2n) is 5.09. The van der Waals surface area contributed by atoms with Gasteiger partial charge in [0.15, 0.2) is 0 Å². The number of hydrogen-bond donors (Lipinski definition) is 1. The molecule has 3 nitrogen and oxygen atoms in total. The minimum absolute atomic E-state index is 0.154. The van der Waals surface area contributed by atoms with E-state index in [1.54, 1.807) is 13.8 Å². The van der Waals surface area contributed by atoms with Gasteiger partial charge in [0.1, 0.15) is 0 Å². The summed E-state index contributed by atoms with van der Waals surface area (Å²) in [6.45, 7) is 2.98. The molecule has 1 heterocycles. The molecule has 1 saturated heterocycles. The van der Waals surface area contributed by atoms with E-state index in [0.29, 0.717) is 4.90 Å². The van der Waals surface area contributed by atoms with Crippen LogP contribution in [0.15, 0.2) is 0 Å². The molecule has 0 radical (unpaired) electrons. The Morgan fingerprint density at radius 3 is 2.00 bits per heavy atom. The van der Waals surface area contributed by atoms with E-state index in [1.807, 2.05) is 0 Å². The number of rotatable bonds is 1. The fourth-order valence-corrected chi connectivity index (χ4v) is 1.98. The first-order valence-electron chi connectivity index (χ1n) is 5.52. The minimum Gasteiger partial charge on any atom is -0.339 e. The average molecular weight is 292 g/mol. The Hall–Kier alpha value is -0.990. The van der Waals surface area contributed by atoms with Crippen LogP contribution in [0.3, 0.4) is 0 Å². The number of amides is 1. The maximum absolute atomic E-state index is 12.4. The van der Waals surface area contributed by atoms with Gasteiger partial charge in [-0.05, 0) is 13.8 Å². The van der Waals surface area contributed by atoms with E-state index in [0.717, 1.165) is 0 Å². The molecule has 1 aliphatic heterocycles. The number of alkyl halides is 6. The molecule has 19 heavy (non-hydrogen) atoms. The molecule has 9 heteroatoms. The molecule has 0 unspecified atom stereocenters. The fourth-order valence-electron chi connectivity index (χ4n) is 1.98. The van der Waals surface area contributed by atoms with Crippen LogP contribution >= 0.6 is 0 Å². The number of piperazine rings is 1.